The Hall–Kier alpha value is -3.07. The Bertz CT molecular complexity index is 1010. The number of ether oxygens (including phenoxy) is 2. The van der Waals surface area contributed by atoms with Gasteiger partial charge in [-0.2, -0.15) is 9.36 Å². The number of hydrogen-bond acceptors (Lipinski definition) is 8. The van der Waals surface area contributed by atoms with Crippen LogP contribution in [0.4, 0.5) is 21.2 Å². The van der Waals surface area contributed by atoms with Crippen LogP contribution in [0.2, 0.25) is 0 Å². The Morgan fingerprint density at radius 2 is 1.78 bits per heavy atom. The normalized spacial score (nSPS) is 13.8. The van der Waals surface area contributed by atoms with Gasteiger partial charge in [-0.05, 0) is 55.3 Å². The predicted octanol–water partition coefficient (Wildman–Crippen LogP) is 4.07. The Balaban J connectivity index is 1.26. The molecule has 32 heavy (non-hydrogen) atoms. The summed E-state index contributed by atoms with van der Waals surface area (Å²) in [5, 5.41) is 4.24. The highest BCUT2D eigenvalue weighted by molar-refractivity contribution is 7.09. The van der Waals surface area contributed by atoms with Crippen molar-refractivity contribution in [2.75, 3.05) is 61.6 Å². The van der Waals surface area contributed by atoms with Gasteiger partial charge in [0.2, 0.25) is 11.1 Å². The second kappa shape index (κ2) is 10.5. The fraction of sp³-hybridized carbons (Fsp3) is 0.391. The van der Waals surface area contributed by atoms with E-state index in [-0.39, 0.29) is 5.82 Å². The molecule has 1 fully saturated rings. The lowest BCUT2D eigenvalue weighted by atomic mass is 10.1. The van der Waals surface area contributed by atoms with Crippen molar-refractivity contribution in [3.8, 4) is 11.5 Å². The van der Waals surface area contributed by atoms with Crippen LogP contribution in [0.5, 0.6) is 11.5 Å². The topological polar surface area (TPSA) is 62.8 Å². The summed E-state index contributed by atoms with van der Waals surface area (Å²) in [6.07, 6.45) is 0.828. The zero-order chi connectivity index (χ0) is 22.3. The van der Waals surface area contributed by atoms with Crippen LogP contribution >= 0.6 is 11.5 Å². The number of halogens is 1. The van der Waals surface area contributed by atoms with Crippen molar-refractivity contribution >= 4 is 28.3 Å². The van der Waals surface area contributed by atoms with Crippen molar-refractivity contribution in [2.24, 2.45) is 0 Å². The molecule has 0 aliphatic carbocycles. The highest BCUT2D eigenvalue weighted by atomic mass is 32.1. The molecule has 3 aromatic rings. The third-order valence-corrected chi connectivity index (χ3v) is 6.16. The van der Waals surface area contributed by atoms with E-state index in [1.165, 1.54) is 23.7 Å². The highest BCUT2D eigenvalue weighted by Gasteiger charge is 2.20. The van der Waals surface area contributed by atoms with Crippen LogP contribution in [0.15, 0.2) is 42.5 Å². The van der Waals surface area contributed by atoms with Crippen LogP contribution < -0.4 is 24.6 Å². The van der Waals surface area contributed by atoms with Crippen molar-refractivity contribution in [2.45, 2.75) is 13.3 Å². The molecule has 0 amide bonds. The molecule has 2 heterocycles. The van der Waals surface area contributed by atoms with Crippen LogP contribution in [-0.2, 0) is 6.42 Å². The van der Waals surface area contributed by atoms with Gasteiger partial charge >= 0.3 is 0 Å². The molecule has 0 radical (unpaired) electrons. The summed E-state index contributed by atoms with van der Waals surface area (Å²) in [6.45, 7) is 6.74. The fourth-order valence-corrected chi connectivity index (χ4v) is 4.39. The van der Waals surface area contributed by atoms with Crippen molar-refractivity contribution in [3.63, 3.8) is 0 Å². The van der Waals surface area contributed by atoms with E-state index in [1.54, 1.807) is 7.11 Å². The summed E-state index contributed by atoms with van der Waals surface area (Å²) in [5.41, 5.74) is 2.21. The smallest absolute Gasteiger partial charge is 0.236 e. The third-order valence-electron chi connectivity index (χ3n) is 5.38. The van der Waals surface area contributed by atoms with Crippen LogP contribution in [0.25, 0.3) is 0 Å². The Morgan fingerprint density at radius 1 is 1.03 bits per heavy atom. The molecule has 170 valence electrons. The van der Waals surface area contributed by atoms with E-state index >= 15 is 0 Å². The minimum Gasteiger partial charge on any atom is -0.493 e. The van der Waals surface area contributed by atoms with Crippen molar-refractivity contribution < 1.29 is 13.9 Å². The quantitative estimate of drug-likeness (QED) is 0.520. The molecule has 1 aliphatic heterocycles. The highest BCUT2D eigenvalue weighted by Crippen LogP contribution is 2.28. The standard InChI is InChI=1S/C23H28FN5O2S/c1-3-31-21-16-17(4-9-20(21)30-2)10-11-25-22-26-23(32-27-22)29-14-12-28(13-15-29)19-7-5-18(24)6-8-19/h4-9,16H,3,10-15H2,1-2H3,(H,25,27). The van der Waals surface area contributed by atoms with Gasteiger partial charge < -0.3 is 24.6 Å². The summed E-state index contributed by atoms with van der Waals surface area (Å²) in [5.74, 6) is 1.96. The van der Waals surface area contributed by atoms with Gasteiger partial charge in [0.05, 0.1) is 13.7 Å². The van der Waals surface area contributed by atoms with Gasteiger partial charge in [0.25, 0.3) is 0 Å². The second-order valence-corrected chi connectivity index (χ2v) is 8.18. The fourth-order valence-electron chi connectivity index (χ4n) is 3.69. The average molecular weight is 458 g/mol. The van der Waals surface area contributed by atoms with E-state index < -0.39 is 0 Å². The number of aromatic nitrogens is 2. The number of nitrogens with zero attached hydrogens (tertiary/aromatic N) is 4. The van der Waals surface area contributed by atoms with Crippen molar-refractivity contribution in [3.05, 3.63) is 53.8 Å². The van der Waals surface area contributed by atoms with Gasteiger partial charge in [-0.15, -0.1) is 0 Å². The largest absolute Gasteiger partial charge is 0.493 e. The predicted molar refractivity (Wildman–Crippen MR) is 127 cm³/mol. The van der Waals surface area contributed by atoms with Crippen molar-refractivity contribution in [1.82, 2.24) is 9.36 Å². The van der Waals surface area contributed by atoms with Crippen LogP contribution in [0.1, 0.15) is 12.5 Å². The number of hydrogen-bond donors (Lipinski definition) is 1. The summed E-state index contributed by atoms with van der Waals surface area (Å²) >= 11 is 1.41. The lowest BCUT2D eigenvalue weighted by Crippen LogP contribution is -2.46. The summed E-state index contributed by atoms with van der Waals surface area (Å²) in [6, 6.07) is 12.7. The van der Waals surface area contributed by atoms with E-state index in [4.69, 9.17) is 9.47 Å². The number of nitrogens with one attached hydrogen (secondary N) is 1. The zero-order valence-electron chi connectivity index (χ0n) is 18.4. The summed E-state index contributed by atoms with van der Waals surface area (Å²) in [4.78, 5) is 9.17. The Morgan fingerprint density at radius 3 is 2.50 bits per heavy atom. The molecular formula is C23H28FN5O2S. The Kier molecular flexibility index (Phi) is 7.26. The molecule has 1 aliphatic rings. The summed E-state index contributed by atoms with van der Waals surface area (Å²) < 4.78 is 28.6. The summed E-state index contributed by atoms with van der Waals surface area (Å²) in [7, 11) is 1.65. The molecule has 9 heteroatoms. The molecule has 0 bridgehead atoms. The molecule has 4 rings (SSSR count). The van der Waals surface area contributed by atoms with Gasteiger partial charge in [0, 0.05) is 49.9 Å². The zero-order valence-corrected chi connectivity index (χ0v) is 19.2. The SMILES string of the molecule is CCOc1cc(CCNc2nsc(N3CCN(c4ccc(F)cc4)CC3)n2)ccc1OC. The van der Waals surface area contributed by atoms with Crippen molar-refractivity contribution in [1.29, 1.82) is 0 Å². The van der Waals surface area contributed by atoms with E-state index in [2.05, 4.69) is 24.5 Å². The number of piperazine rings is 1. The van der Waals surface area contributed by atoms with E-state index in [0.717, 1.165) is 67.0 Å². The Labute approximate surface area is 192 Å². The molecule has 1 saturated heterocycles. The number of benzene rings is 2. The van der Waals surface area contributed by atoms with Gasteiger partial charge in [0.1, 0.15) is 5.82 Å². The molecule has 1 N–H and O–H groups in total. The van der Waals surface area contributed by atoms with E-state index in [1.807, 2.05) is 37.3 Å². The lowest BCUT2D eigenvalue weighted by molar-refractivity contribution is 0.310. The molecule has 2 aromatic carbocycles. The van der Waals surface area contributed by atoms with Gasteiger partial charge in [-0.25, -0.2) is 4.39 Å². The number of rotatable bonds is 9. The first-order chi connectivity index (χ1) is 15.7. The average Bonchev–Trinajstić information content (AvgIpc) is 3.29. The van der Waals surface area contributed by atoms with E-state index in [0.29, 0.717) is 12.6 Å². The maximum Gasteiger partial charge on any atom is 0.236 e. The van der Waals surface area contributed by atoms with Crippen LogP contribution in [-0.4, -0.2) is 55.8 Å². The van der Waals surface area contributed by atoms with Gasteiger partial charge in [0.15, 0.2) is 11.5 Å². The first-order valence-electron chi connectivity index (χ1n) is 10.8. The molecule has 7 nitrogen and oxygen atoms in total. The van der Waals surface area contributed by atoms with Gasteiger partial charge in [-0.3, -0.25) is 0 Å². The third kappa shape index (κ3) is 5.40. The number of anilines is 3. The number of methoxy groups -OCH3 is 1. The first-order valence-corrected chi connectivity index (χ1v) is 11.6. The monoisotopic (exact) mass is 457 g/mol. The minimum absolute atomic E-state index is 0.206. The van der Waals surface area contributed by atoms with Crippen LogP contribution in [0.3, 0.4) is 0 Å². The molecular weight excluding hydrogens is 429 g/mol. The van der Waals surface area contributed by atoms with Crippen LogP contribution in [0, 0.1) is 5.82 Å². The lowest BCUT2D eigenvalue weighted by Gasteiger charge is -2.35. The van der Waals surface area contributed by atoms with Gasteiger partial charge in [-0.1, -0.05) is 6.07 Å². The first kappa shape index (κ1) is 22.1. The maximum atomic E-state index is 13.1. The molecule has 0 unspecified atom stereocenters. The molecule has 0 spiro atoms. The molecule has 1 aromatic heterocycles. The second-order valence-electron chi connectivity index (χ2n) is 7.45. The maximum absolute atomic E-state index is 13.1. The molecule has 0 saturated carbocycles. The molecule has 0 atom stereocenters. The minimum atomic E-state index is -0.206. The van der Waals surface area contributed by atoms with E-state index in [9.17, 15) is 4.39 Å².